The molecule has 6 nitrogen and oxygen atoms in total. The second-order valence-corrected chi connectivity index (χ2v) is 7.49. The van der Waals surface area contributed by atoms with Crippen LogP contribution in [0, 0.1) is 13.8 Å². The molecule has 142 valence electrons. The fraction of sp³-hybridized carbons (Fsp3) is 0.188. The van der Waals surface area contributed by atoms with Crippen LogP contribution in [-0.2, 0) is 0 Å². The smallest absolute Gasteiger partial charge is 0.404 e. The number of alkyl halides is 3. The highest BCUT2D eigenvalue weighted by Crippen LogP contribution is 2.36. The third kappa shape index (κ3) is 4.55. The number of hydrogen-bond donors (Lipinski definition) is 2. The van der Waals surface area contributed by atoms with E-state index in [4.69, 9.17) is 5.73 Å². The molecule has 0 aliphatic carbocycles. The summed E-state index contributed by atoms with van der Waals surface area (Å²) >= 11 is 2.68. The summed E-state index contributed by atoms with van der Waals surface area (Å²) in [4.78, 5) is 20.9. The first-order valence-electron chi connectivity index (χ1n) is 7.49. The van der Waals surface area contributed by atoms with E-state index < -0.39 is 18.0 Å². The fourth-order valence-electron chi connectivity index (χ4n) is 2.31. The van der Waals surface area contributed by atoms with Crippen LogP contribution >= 0.6 is 22.7 Å². The monoisotopic (exact) mass is 414 g/mol. The van der Waals surface area contributed by atoms with E-state index in [0.29, 0.717) is 10.8 Å². The van der Waals surface area contributed by atoms with Crippen LogP contribution in [0.5, 0.6) is 5.75 Å². The Hall–Kier alpha value is -2.66. The predicted molar refractivity (Wildman–Crippen MR) is 97.6 cm³/mol. The van der Waals surface area contributed by atoms with Crippen LogP contribution < -0.4 is 15.8 Å². The molecule has 1 amide bonds. The zero-order valence-corrected chi connectivity index (χ0v) is 15.7. The Morgan fingerprint density at radius 2 is 2.00 bits per heavy atom. The number of thiazole rings is 2. The van der Waals surface area contributed by atoms with Crippen molar-refractivity contribution in [3.8, 4) is 16.3 Å². The minimum absolute atomic E-state index is 0.0396. The minimum atomic E-state index is -4.88. The molecule has 3 aromatic rings. The molecule has 0 aliphatic heterocycles. The molecule has 0 radical (unpaired) electrons. The van der Waals surface area contributed by atoms with Gasteiger partial charge in [0.15, 0.2) is 10.9 Å². The van der Waals surface area contributed by atoms with Crippen LogP contribution in [0.1, 0.15) is 21.1 Å². The van der Waals surface area contributed by atoms with Gasteiger partial charge in [0, 0.05) is 10.9 Å². The molecule has 3 rings (SSSR count). The minimum Gasteiger partial charge on any atom is -0.404 e. The van der Waals surface area contributed by atoms with Gasteiger partial charge in [-0.2, -0.15) is 0 Å². The van der Waals surface area contributed by atoms with Gasteiger partial charge in [-0.3, -0.25) is 4.79 Å². The van der Waals surface area contributed by atoms with Gasteiger partial charge in [0.2, 0.25) is 5.91 Å². The topological polar surface area (TPSA) is 90.1 Å². The Morgan fingerprint density at radius 3 is 2.59 bits per heavy atom. The number of ether oxygens (including phenoxy) is 1. The molecule has 11 heteroatoms. The van der Waals surface area contributed by atoms with Crippen molar-refractivity contribution in [1.82, 2.24) is 9.97 Å². The maximum absolute atomic E-state index is 12.6. The molecule has 0 spiro atoms. The quantitative estimate of drug-likeness (QED) is 0.636. The number of halogens is 3. The lowest BCUT2D eigenvalue weighted by molar-refractivity contribution is -0.274. The maximum atomic E-state index is 12.6. The number of carbonyl (C=O) groups excluding carboxylic acids is 1. The van der Waals surface area contributed by atoms with Crippen LogP contribution in [0.25, 0.3) is 10.6 Å². The van der Waals surface area contributed by atoms with E-state index in [1.165, 1.54) is 28.7 Å². The highest BCUT2D eigenvalue weighted by atomic mass is 32.1. The maximum Gasteiger partial charge on any atom is 0.573 e. The molecular formula is C16H13F3N4O2S2. The van der Waals surface area contributed by atoms with Crippen molar-refractivity contribution >= 4 is 39.4 Å². The molecule has 0 saturated heterocycles. The molecule has 27 heavy (non-hydrogen) atoms. The standard InChI is InChI=1S/C16H13F3N4O2S2/c1-7-13(27-8(2)21-7)11-6-26-15(23-11)22-10-5-9(14(20)24)3-4-12(10)25-16(17,18)19/h3-6H,1-2H3,(H2,20,24)(H,22,23). The van der Waals surface area contributed by atoms with Gasteiger partial charge in [0.1, 0.15) is 0 Å². The second-order valence-electron chi connectivity index (χ2n) is 5.43. The predicted octanol–water partition coefficient (Wildman–Crippen LogP) is 4.62. The van der Waals surface area contributed by atoms with Gasteiger partial charge in [-0.15, -0.1) is 35.8 Å². The fourth-order valence-corrected chi connectivity index (χ4v) is 3.98. The van der Waals surface area contributed by atoms with Gasteiger partial charge in [-0.25, -0.2) is 9.97 Å². The Bertz CT molecular complexity index is 998. The zero-order chi connectivity index (χ0) is 19.8. The Balaban J connectivity index is 1.93. The van der Waals surface area contributed by atoms with Gasteiger partial charge in [0.05, 0.1) is 27.0 Å². The first kappa shape index (κ1) is 19.1. The average Bonchev–Trinajstić information content (AvgIpc) is 3.13. The zero-order valence-electron chi connectivity index (χ0n) is 14.0. The van der Waals surface area contributed by atoms with Gasteiger partial charge in [-0.1, -0.05) is 0 Å². The summed E-state index contributed by atoms with van der Waals surface area (Å²) in [6, 6.07) is 3.37. The van der Waals surface area contributed by atoms with Gasteiger partial charge in [-0.05, 0) is 32.0 Å². The molecule has 0 saturated carbocycles. The number of aryl methyl sites for hydroxylation is 2. The summed E-state index contributed by atoms with van der Waals surface area (Å²) in [5.41, 5.74) is 6.66. The number of aromatic nitrogens is 2. The highest BCUT2D eigenvalue weighted by molar-refractivity contribution is 7.16. The van der Waals surface area contributed by atoms with Gasteiger partial charge >= 0.3 is 6.36 Å². The largest absolute Gasteiger partial charge is 0.573 e. The number of anilines is 2. The number of amides is 1. The normalized spacial score (nSPS) is 11.4. The van der Waals surface area contributed by atoms with Crippen molar-refractivity contribution in [3.63, 3.8) is 0 Å². The molecular weight excluding hydrogens is 401 g/mol. The number of nitrogens with zero attached hydrogens (tertiary/aromatic N) is 2. The molecule has 0 unspecified atom stereocenters. The van der Waals surface area contributed by atoms with Crippen molar-refractivity contribution in [2.75, 3.05) is 5.32 Å². The highest BCUT2D eigenvalue weighted by Gasteiger charge is 2.32. The number of rotatable bonds is 5. The molecule has 3 N–H and O–H groups in total. The summed E-state index contributed by atoms with van der Waals surface area (Å²) < 4.78 is 41.9. The first-order chi connectivity index (χ1) is 12.6. The van der Waals surface area contributed by atoms with Crippen LogP contribution in [0.4, 0.5) is 24.0 Å². The third-order valence-electron chi connectivity index (χ3n) is 3.37. The van der Waals surface area contributed by atoms with E-state index >= 15 is 0 Å². The summed E-state index contributed by atoms with van der Waals surface area (Å²) in [6.45, 7) is 3.74. The lowest BCUT2D eigenvalue weighted by atomic mass is 10.2. The number of benzene rings is 1. The number of nitrogens with two attached hydrogens (primary N) is 1. The van der Waals surface area contributed by atoms with E-state index in [0.717, 1.165) is 27.7 Å². The molecule has 2 heterocycles. The lowest BCUT2D eigenvalue weighted by Gasteiger charge is -2.14. The molecule has 0 atom stereocenters. The molecule has 0 bridgehead atoms. The SMILES string of the molecule is Cc1nc(C)c(-c2csc(Nc3cc(C(N)=O)ccc3OC(F)(F)F)n2)s1. The van der Waals surface area contributed by atoms with Crippen LogP contribution in [0.3, 0.4) is 0 Å². The Labute approximate surface area is 159 Å². The molecule has 0 fully saturated rings. The molecule has 0 aliphatic rings. The Kier molecular flexibility index (Phi) is 5.07. The summed E-state index contributed by atoms with van der Waals surface area (Å²) in [5, 5.41) is 5.76. The van der Waals surface area contributed by atoms with E-state index in [2.05, 4.69) is 20.0 Å². The van der Waals surface area contributed by atoms with Crippen molar-refractivity contribution in [3.05, 3.63) is 39.8 Å². The summed E-state index contributed by atoms with van der Waals surface area (Å²) in [7, 11) is 0. The summed E-state index contributed by atoms with van der Waals surface area (Å²) in [6.07, 6.45) is -4.88. The Morgan fingerprint density at radius 1 is 1.26 bits per heavy atom. The first-order valence-corrected chi connectivity index (χ1v) is 9.18. The third-order valence-corrected chi connectivity index (χ3v) is 5.22. The number of carbonyl (C=O) groups is 1. The van der Waals surface area contributed by atoms with Gasteiger partial charge in [0.25, 0.3) is 0 Å². The molecule has 2 aromatic heterocycles. The second kappa shape index (κ2) is 7.16. The molecule has 1 aromatic carbocycles. The van der Waals surface area contributed by atoms with Crippen molar-refractivity contribution in [2.45, 2.75) is 20.2 Å². The van der Waals surface area contributed by atoms with Crippen molar-refractivity contribution in [2.24, 2.45) is 5.73 Å². The van der Waals surface area contributed by atoms with Gasteiger partial charge < -0.3 is 15.8 Å². The van der Waals surface area contributed by atoms with E-state index in [-0.39, 0.29) is 11.3 Å². The van der Waals surface area contributed by atoms with Crippen LogP contribution in [-0.4, -0.2) is 22.2 Å². The number of nitrogens with one attached hydrogen (secondary N) is 1. The van der Waals surface area contributed by atoms with E-state index in [1.54, 1.807) is 5.38 Å². The van der Waals surface area contributed by atoms with E-state index in [9.17, 15) is 18.0 Å². The summed E-state index contributed by atoms with van der Waals surface area (Å²) in [5.74, 6) is -1.26. The number of hydrogen-bond acceptors (Lipinski definition) is 7. The van der Waals surface area contributed by atoms with Crippen LogP contribution in [0.15, 0.2) is 23.6 Å². The lowest BCUT2D eigenvalue weighted by Crippen LogP contribution is -2.18. The number of primary amides is 1. The van der Waals surface area contributed by atoms with Crippen LogP contribution in [0.2, 0.25) is 0 Å². The van der Waals surface area contributed by atoms with Crippen molar-refractivity contribution in [1.29, 1.82) is 0 Å². The van der Waals surface area contributed by atoms with Crippen molar-refractivity contribution < 1.29 is 22.7 Å². The average molecular weight is 414 g/mol. The van der Waals surface area contributed by atoms with E-state index in [1.807, 2.05) is 13.8 Å².